The van der Waals surface area contributed by atoms with E-state index in [-0.39, 0.29) is 23.8 Å². The highest BCUT2D eigenvalue weighted by molar-refractivity contribution is 9.10. The van der Waals surface area contributed by atoms with Crippen LogP contribution in [0.3, 0.4) is 0 Å². The lowest BCUT2D eigenvalue weighted by Crippen LogP contribution is -2.23. The summed E-state index contributed by atoms with van der Waals surface area (Å²) in [5, 5.41) is 2.90. The first kappa shape index (κ1) is 13.7. The molecular weight excluding hydrogens is 290 g/mol. The molecule has 1 aromatic heterocycles. The minimum Gasteiger partial charge on any atom is -0.469 e. The van der Waals surface area contributed by atoms with Crippen molar-refractivity contribution in [1.29, 1.82) is 0 Å². The van der Waals surface area contributed by atoms with E-state index in [4.69, 9.17) is 0 Å². The summed E-state index contributed by atoms with van der Waals surface area (Å²) < 4.78 is 4.94. The van der Waals surface area contributed by atoms with Gasteiger partial charge in [0.2, 0.25) is 0 Å². The Kier molecular flexibility index (Phi) is 4.68. The van der Waals surface area contributed by atoms with Crippen molar-refractivity contribution in [1.82, 2.24) is 9.97 Å². The molecule has 94 valence electrons. The number of esters is 1. The van der Waals surface area contributed by atoms with Gasteiger partial charge in [0.05, 0.1) is 19.2 Å². The summed E-state index contributed by atoms with van der Waals surface area (Å²) in [4.78, 5) is 29.4. The van der Waals surface area contributed by atoms with Crippen molar-refractivity contribution in [3.05, 3.63) is 20.7 Å². The Balaban J connectivity index is 3.05. The number of rotatable bonds is 4. The maximum Gasteiger partial charge on any atom is 0.311 e. The number of aromatic amines is 1. The van der Waals surface area contributed by atoms with E-state index in [1.54, 1.807) is 0 Å². The highest BCUT2D eigenvalue weighted by Gasteiger charge is 2.13. The van der Waals surface area contributed by atoms with E-state index in [1.807, 2.05) is 13.8 Å². The molecule has 0 atom stereocenters. The SMILES string of the molecule is COC(=O)Cc1nc(NC(C)C)c(=O)[nH]c1Br. The van der Waals surface area contributed by atoms with Gasteiger partial charge in [0.15, 0.2) is 5.82 Å². The van der Waals surface area contributed by atoms with Gasteiger partial charge in [-0.2, -0.15) is 0 Å². The van der Waals surface area contributed by atoms with E-state index in [0.29, 0.717) is 10.3 Å². The second-order valence-electron chi connectivity index (χ2n) is 3.73. The zero-order chi connectivity index (χ0) is 13.0. The predicted molar refractivity (Wildman–Crippen MR) is 67.0 cm³/mol. The number of hydrogen-bond donors (Lipinski definition) is 2. The van der Waals surface area contributed by atoms with Crippen molar-refractivity contribution in [2.75, 3.05) is 12.4 Å². The van der Waals surface area contributed by atoms with Crippen molar-refractivity contribution >= 4 is 27.7 Å². The third kappa shape index (κ3) is 3.85. The van der Waals surface area contributed by atoms with Gasteiger partial charge in [0.1, 0.15) is 4.60 Å². The number of H-pyrrole nitrogens is 1. The lowest BCUT2D eigenvalue weighted by atomic mass is 10.3. The molecule has 1 aromatic rings. The molecule has 17 heavy (non-hydrogen) atoms. The van der Waals surface area contributed by atoms with Gasteiger partial charge < -0.3 is 15.0 Å². The van der Waals surface area contributed by atoms with Crippen LogP contribution in [0.2, 0.25) is 0 Å². The number of aromatic nitrogens is 2. The Morgan fingerprint density at radius 3 is 2.76 bits per heavy atom. The molecule has 0 bridgehead atoms. The highest BCUT2D eigenvalue weighted by Crippen LogP contribution is 2.12. The van der Waals surface area contributed by atoms with Gasteiger partial charge in [-0.15, -0.1) is 0 Å². The van der Waals surface area contributed by atoms with E-state index in [9.17, 15) is 9.59 Å². The number of nitrogens with one attached hydrogen (secondary N) is 2. The first-order chi connectivity index (χ1) is 7.93. The Morgan fingerprint density at radius 1 is 1.59 bits per heavy atom. The molecule has 0 amide bonds. The Bertz CT molecular complexity index is 470. The normalized spacial score (nSPS) is 10.4. The summed E-state index contributed by atoms with van der Waals surface area (Å²) in [5.41, 5.74) is 0.0961. The van der Waals surface area contributed by atoms with Gasteiger partial charge in [0.25, 0.3) is 5.56 Å². The molecule has 6 nitrogen and oxygen atoms in total. The van der Waals surface area contributed by atoms with Crippen LogP contribution in [-0.4, -0.2) is 29.1 Å². The molecule has 0 radical (unpaired) electrons. The van der Waals surface area contributed by atoms with Crippen LogP contribution in [0.5, 0.6) is 0 Å². The van der Waals surface area contributed by atoms with Crippen LogP contribution in [0.4, 0.5) is 5.82 Å². The molecule has 1 heterocycles. The molecule has 0 aromatic carbocycles. The summed E-state index contributed by atoms with van der Waals surface area (Å²) in [6.07, 6.45) is 0.000634. The molecule has 0 spiro atoms. The van der Waals surface area contributed by atoms with Crippen molar-refractivity contribution in [3.63, 3.8) is 0 Å². The quantitative estimate of drug-likeness (QED) is 0.813. The molecule has 0 aliphatic carbocycles. The molecule has 0 saturated heterocycles. The molecule has 7 heteroatoms. The highest BCUT2D eigenvalue weighted by atomic mass is 79.9. The Hall–Kier alpha value is -1.37. The van der Waals surface area contributed by atoms with Gasteiger partial charge in [0, 0.05) is 6.04 Å². The second kappa shape index (κ2) is 5.81. The van der Waals surface area contributed by atoms with Crippen molar-refractivity contribution < 1.29 is 9.53 Å². The first-order valence-electron chi connectivity index (χ1n) is 5.06. The molecule has 0 saturated carbocycles. The van der Waals surface area contributed by atoms with E-state index in [0.717, 1.165) is 0 Å². The second-order valence-corrected chi connectivity index (χ2v) is 4.52. The average molecular weight is 304 g/mol. The average Bonchev–Trinajstić information content (AvgIpc) is 2.24. The van der Waals surface area contributed by atoms with Crippen LogP contribution >= 0.6 is 15.9 Å². The van der Waals surface area contributed by atoms with Crippen molar-refractivity contribution in [2.24, 2.45) is 0 Å². The van der Waals surface area contributed by atoms with E-state index in [2.05, 4.69) is 36.0 Å². The number of nitrogens with zero attached hydrogens (tertiary/aromatic N) is 1. The summed E-state index contributed by atoms with van der Waals surface area (Å²) in [6, 6.07) is 0.0794. The smallest absolute Gasteiger partial charge is 0.311 e. The third-order valence-corrected chi connectivity index (χ3v) is 2.56. The molecule has 0 aliphatic rings. The molecule has 0 fully saturated rings. The minimum absolute atomic E-state index is 0.000634. The standard InChI is InChI=1S/C10H14BrN3O3/c1-5(2)12-9-10(16)14-8(11)6(13-9)4-7(15)17-3/h5H,4H2,1-3H3,(H,12,13)(H,14,16). The molecular formula is C10H14BrN3O3. The monoisotopic (exact) mass is 303 g/mol. The van der Waals surface area contributed by atoms with Gasteiger partial charge in [-0.25, -0.2) is 4.98 Å². The maximum atomic E-state index is 11.6. The van der Waals surface area contributed by atoms with E-state index >= 15 is 0 Å². The maximum absolute atomic E-state index is 11.6. The predicted octanol–water partition coefficient (Wildman–Crippen LogP) is 1.07. The van der Waals surface area contributed by atoms with Gasteiger partial charge in [-0.05, 0) is 29.8 Å². The fourth-order valence-corrected chi connectivity index (χ4v) is 1.57. The number of carbonyl (C=O) groups is 1. The lowest BCUT2D eigenvalue weighted by molar-refractivity contribution is -0.139. The first-order valence-corrected chi connectivity index (χ1v) is 5.85. The minimum atomic E-state index is -0.416. The van der Waals surface area contributed by atoms with Crippen LogP contribution in [0, 0.1) is 0 Å². The number of anilines is 1. The van der Waals surface area contributed by atoms with Crippen LogP contribution in [-0.2, 0) is 16.0 Å². The molecule has 1 rings (SSSR count). The van der Waals surface area contributed by atoms with Crippen LogP contribution in [0.15, 0.2) is 9.40 Å². The summed E-state index contributed by atoms with van der Waals surface area (Å²) in [7, 11) is 1.30. The van der Waals surface area contributed by atoms with Gasteiger partial charge in [-0.3, -0.25) is 9.59 Å². The summed E-state index contributed by atoms with van der Waals surface area (Å²) >= 11 is 3.15. The number of carbonyl (C=O) groups excluding carboxylic acids is 1. The lowest BCUT2D eigenvalue weighted by Gasteiger charge is -2.10. The van der Waals surface area contributed by atoms with Gasteiger partial charge >= 0.3 is 5.97 Å². The van der Waals surface area contributed by atoms with Crippen LogP contribution < -0.4 is 10.9 Å². The fourth-order valence-electron chi connectivity index (χ4n) is 1.16. The third-order valence-electron chi connectivity index (χ3n) is 1.90. The van der Waals surface area contributed by atoms with E-state index < -0.39 is 5.97 Å². The number of halogens is 1. The molecule has 2 N–H and O–H groups in total. The van der Waals surface area contributed by atoms with Crippen molar-refractivity contribution in [3.8, 4) is 0 Å². The Labute approximate surface area is 107 Å². The topological polar surface area (TPSA) is 84.1 Å². The summed E-state index contributed by atoms with van der Waals surface area (Å²) in [6.45, 7) is 3.78. The summed E-state index contributed by atoms with van der Waals surface area (Å²) in [5.74, 6) is -0.220. The number of methoxy groups -OCH3 is 1. The number of ether oxygens (including phenoxy) is 1. The largest absolute Gasteiger partial charge is 0.469 e. The van der Waals surface area contributed by atoms with E-state index in [1.165, 1.54) is 7.11 Å². The van der Waals surface area contributed by atoms with Crippen LogP contribution in [0.1, 0.15) is 19.5 Å². The Morgan fingerprint density at radius 2 is 2.24 bits per heavy atom. The van der Waals surface area contributed by atoms with Crippen molar-refractivity contribution in [2.45, 2.75) is 26.3 Å². The molecule has 0 aliphatic heterocycles. The number of hydrogen-bond acceptors (Lipinski definition) is 5. The van der Waals surface area contributed by atoms with Gasteiger partial charge in [-0.1, -0.05) is 0 Å². The fraction of sp³-hybridized carbons (Fsp3) is 0.500. The van der Waals surface area contributed by atoms with Crippen LogP contribution in [0.25, 0.3) is 0 Å². The molecule has 0 unspecified atom stereocenters. The zero-order valence-corrected chi connectivity index (χ0v) is 11.4. The zero-order valence-electron chi connectivity index (χ0n) is 9.83.